The standard InChI is InChI=1S/2C27H31N5O2S/c2*1-20-9-11-23(12-10-20)35(33,34)32-16-14-24-26(28-19-29-27(24)32)30(3)25-18-31(15-13-21(25)2)17-22-7-5-4-6-8-22/h2*4-12,14,16,19,21,25H,13,15,17-18H2,1-3H3/t2*21-,25-/m00/s1. The second-order valence-electron chi connectivity index (χ2n) is 19.1. The van der Waals surface area contributed by atoms with Crippen molar-refractivity contribution in [2.24, 2.45) is 11.8 Å². The van der Waals surface area contributed by atoms with Crippen molar-refractivity contribution in [3.8, 4) is 0 Å². The Labute approximate surface area is 412 Å². The van der Waals surface area contributed by atoms with Gasteiger partial charge in [0.15, 0.2) is 11.3 Å². The molecule has 14 nitrogen and oxygen atoms in total. The quantitative estimate of drug-likeness (QED) is 0.116. The van der Waals surface area contributed by atoms with Crippen molar-refractivity contribution in [3.05, 3.63) is 169 Å². The van der Waals surface area contributed by atoms with Crippen LogP contribution in [-0.4, -0.2) is 107 Å². The fraction of sp³-hybridized carbons (Fsp3) is 0.333. The molecular weight excluding hydrogens is 917 g/mol. The Bertz CT molecular complexity index is 3060. The van der Waals surface area contributed by atoms with Gasteiger partial charge >= 0.3 is 0 Å². The molecule has 0 N–H and O–H groups in total. The van der Waals surface area contributed by atoms with E-state index in [4.69, 9.17) is 0 Å². The van der Waals surface area contributed by atoms with Gasteiger partial charge in [-0.25, -0.2) is 44.7 Å². The van der Waals surface area contributed by atoms with Crippen molar-refractivity contribution >= 4 is 53.7 Å². The molecule has 4 aromatic heterocycles. The van der Waals surface area contributed by atoms with Crippen LogP contribution in [0.2, 0.25) is 0 Å². The fourth-order valence-corrected chi connectivity index (χ4v) is 12.6. The third-order valence-corrected chi connectivity index (χ3v) is 17.5. The molecule has 0 spiro atoms. The number of aryl methyl sites for hydroxylation is 2. The minimum absolute atomic E-state index is 0.242. The Morgan fingerprint density at radius 2 is 0.886 bits per heavy atom. The topological polar surface area (TPSA) is 143 Å². The third-order valence-electron chi connectivity index (χ3n) is 14.2. The lowest BCUT2D eigenvalue weighted by atomic mass is 9.92. The van der Waals surface area contributed by atoms with Gasteiger partial charge < -0.3 is 9.80 Å². The molecule has 0 bridgehead atoms. The van der Waals surface area contributed by atoms with Crippen LogP contribution in [0.15, 0.2) is 156 Å². The summed E-state index contributed by atoms with van der Waals surface area (Å²) >= 11 is 0. The monoisotopic (exact) mass is 978 g/mol. The minimum atomic E-state index is -3.76. The van der Waals surface area contributed by atoms with Gasteiger partial charge in [0, 0.05) is 64.8 Å². The first-order chi connectivity index (χ1) is 33.7. The van der Waals surface area contributed by atoms with Crippen molar-refractivity contribution in [1.82, 2.24) is 37.7 Å². The van der Waals surface area contributed by atoms with Crippen LogP contribution in [0.3, 0.4) is 0 Å². The predicted molar refractivity (Wildman–Crippen MR) is 278 cm³/mol. The molecule has 2 fully saturated rings. The van der Waals surface area contributed by atoms with E-state index in [0.717, 1.165) is 85.6 Å². The van der Waals surface area contributed by atoms with Crippen LogP contribution in [0, 0.1) is 25.7 Å². The number of piperidine rings is 2. The number of hydrogen-bond acceptors (Lipinski definition) is 12. The molecule has 10 rings (SSSR count). The Balaban J connectivity index is 0.000000174. The van der Waals surface area contributed by atoms with E-state index >= 15 is 0 Å². The van der Waals surface area contributed by atoms with Crippen molar-refractivity contribution in [2.75, 3.05) is 50.1 Å². The molecule has 2 saturated heterocycles. The second-order valence-corrected chi connectivity index (χ2v) is 22.7. The van der Waals surface area contributed by atoms with Gasteiger partial charge in [0.1, 0.15) is 24.3 Å². The summed E-state index contributed by atoms with van der Waals surface area (Å²) in [6.07, 6.45) is 8.28. The summed E-state index contributed by atoms with van der Waals surface area (Å²) in [5.41, 5.74) is 5.43. The van der Waals surface area contributed by atoms with Crippen LogP contribution in [-0.2, 0) is 33.1 Å². The average Bonchev–Trinajstić information content (AvgIpc) is 4.03. The van der Waals surface area contributed by atoms with E-state index in [2.05, 4.69) is 116 Å². The zero-order valence-corrected chi connectivity index (χ0v) is 42.4. The van der Waals surface area contributed by atoms with Crippen molar-refractivity contribution in [1.29, 1.82) is 0 Å². The molecule has 8 aromatic rings. The van der Waals surface area contributed by atoms with E-state index in [-0.39, 0.29) is 21.9 Å². The van der Waals surface area contributed by atoms with Crippen LogP contribution < -0.4 is 9.80 Å². The Hall–Kier alpha value is -6.46. The van der Waals surface area contributed by atoms with Crippen molar-refractivity contribution < 1.29 is 16.8 Å². The average molecular weight is 979 g/mol. The molecule has 0 aliphatic carbocycles. The van der Waals surface area contributed by atoms with Gasteiger partial charge in [-0.05, 0) is 99.1 Å². The van der Waals surface area contributed by atoms with E-state index < -0.39 is 20.0 Å². The first kappa shape index (κ1) is 48.6. The summed E-state index contributed by atoms with van der Waals surface area (Å²) in [4.78, 5) is 27.8. The third kappa shape index (κ3) is 10.1. The molecule has 2 aliphatic heterocycles. The number of anilines is 2. The van der Waals surface area contributed by atoms with Crippen LogP contribution >= 0.6 is 0 Å². The summed E-state index contributed by atoms with van der Waals surface area (Å²) in [5.74, 6) is 2.48. The zero-order valence-electron chi connectivity index (χ0n) is 40.7. The minimum Gasteiger partial charge on any atom is -0.354 e. The Morgan fingerprint density at radius 1 is 0.514 bits per heavy atom. The summed E-state index contributed by atoms with van der Waals surface area (Å²) in [5, 5.41) is 1.47. The maximum atomic E-state index is 13.4. The van der Waals surface area contributed by atoms with Gasteiger partial charge in [0.25, 0.3) is 20.0 Å². The second kappa shape index (κ2) is 20.5. The first-order valence-corrected chi connectivity index (χ1v) is 26.8. The smallest absolute Gasteiger partial charge is 0.269 e. The van der Waals surface area contributed by atoms with E-state index in [0.29, 0.717) is 23.1 Å². The van der Waals surface area contributed by atoms with E-state index in [1.54, 1.807) is 60.9 Å². The summed E-state index contributed by atoms with van der Waals surface area (Å²) < 4.78 is 55.9. The normalized spacial score (nSPS) is 19.2. The number of rotatable bonds is 12. The van der Waals surface area contributed by atoms with Gasteiger partial charge in [-0.2, -0.15) is 0 Å². The highest BCUT2D eigenvalue weighted by molar-refractivity contribution is 7.90. The largest absolute Gasteiger partial charge is 0.354 e. The summed E-state index contributed by atoms with van der Waals surface area (Å²) in [6.45, 7) is 14.2. The van der Waals surface area contributed by atoms with Crippen LogP contribution in [0.4, 0.5) is 11.6 Å². The van der Waals surface area contributed by atoms with Crippen LogP contribution in [0.5, 0.6) is 0 Å². The molecule has 364 valence electrons. The molecule has 4 aromatic carbocycles. The van der Waals surface area contributed by atoms with E-state index in [9.17, 15) is 16.8 Å². The highest BCUT2D eigenvalue weighted by Crippen LogP contribution is 2.33. The van der Waals surface area contributed by atoms with Crippen molar-refractivity contribution in [2.45, 2.75) is 75.5 Å². The van der Waals surface area contributed by atoms with Gasteiger partial charge in [-0.3, -0.25) is 9.80 Å². The van der Waals surface area contributed by atoms with Crippen LogP contribution in [0.1, 0.15) is 48.9 Å². The number of fused-ring (bicyclic) bond motifs is 2. The van der Waals surface area contributed by atoms with Crippen LogP contribution in [0.25, 0.3) is 22.1 Å². The lowest BCUT2D eigenvalue weighted by Crippen LogP contribution is -2.50. The molecule has 0 amide bonds. The van der Waals surface area contributed by atoms with Crippen molar-refractivity contribution in [3.63, 3.8) is 0 Å². The highest BCUT2D eigenvalue weighted by Gasteiger charge is 2.33. The lowest BCUT2D eigenvalue weighted by molar-refractivity contribution is 0.159. The number of benzene rings is 4. The number of aromatic nitrogens is 6. The number of likely N-dealkylation sites (tertiary alicyclic amines) is 2. The van der Waals surface area contributed by atoms with Gasteiger partial charge in [-0.1, -0.05) is 110 Å². The number of hydrogen-bond donors (Lipinski definition) is 0. The molecule has 6 heterocycles. The lowest BCUT2D eigenvalue weighted by Gasteiger charge is -2.42. The SMILES string of the molecule is Cc1ccc(S(=O)(=O)n2ccc3c(N(C)[C@H]4CN(Cc5ccccc5)CC[C@@H]4C)ncnc32)cc1.Cc1ccc(S(=O)(=O)n2ccc3c(N(C)[C@H]4CN(Cc5ccccc5)CC[C@@H]4C)ncnc32)cc1. The summed E-state index contributed by atoms with van der Waals surface area (Å²) in [6, 6.07) is 39.0. The van der Waals surface area contributed by atoms with Gasteiger partial charge in [-0.15, -0.1) is 0 Å². The fourth-order valence-electron chi connectivity index (χ4n) is 9.95. The molecule has 0 saturated carbocycles. The Kier molecular flexibility index (Phi) is 14.2. The number of nitrogens with zero attached hydrogens (tertiary/aromatic N) is 10. The molecule has 0 radical (unpaired) electrons. The molecular formula is C54H62N10O4S2. The molecule has 70 heavy (non-hydrogen) atoms. The van der Waals surface area contributed by atoms with E-state index in [1.165, 1.54) is 31.7 Å². The van der Waals surface area contributed by atoms with E-state index in [1.807, 2.05) is 38.1 Å². The maximum Gasteiger partial charge on any atom is 0.269 e. The van der Waals surface area contributed by atoms with Gasteiger partial charge in [0.05, 0.1) is 20.6 Å². The number of likely N-dealkylation sites (N-methyl/N-ethyl adjacent to an activating group) is 2. The van der Waals surface area contributed by atoms with Gasteiger partial charge in [0.2, 0.25) is 0 Å². The predicted octanol–water partition coefficient (Wildman–Crippen LogP) is 8.65. The summed E-state index contributed by atoms with van der Waals surface area (Å²) in [7, 11) is -3.41. The molecule has 0 unspecified atom stereocenters. The highest BCUT2D eigenvalue weighted by atomic mass is 32.2. The molecule has 16 heteroatoms. The zero-order chi connectivity index (χ0) is 49.2. The molecule has 2 aliphatic rings. The first-order valence-electron chi connectivity index (χ1n) is 24.0. The maximum absolute atomic E-state index is 13.4. The Morgan fingerprint density at radius 3 is 1.26 bits per heavy atom. The molecule has 4 atom stereocenters.